The average molecular weight is 204 g/mol. The molecule has 15 heavy (non-hydrogen) atoms. The Balaban J connectivity index is 2.84. The summed E-state index contributed by atoms with van der Waals surface area (Å²) in [7, 11) is 0. The molecule has 3 heteroatoms. The van der Waals surface area contributed by atoms with E-state index < -0.39 is 11.4 Å². The third-order valence-corrected chi connectivity index (χ3v) is 2.36. The summed E-state index contributed by atoms with van der Waals surface area (Å²) >= 11 is 0. The van der Waals surface area contributed by atoms with Crippen molar-refractivity contribution < 1.29 is 4.79 Å². The van der Waals surface area contributed by atoms with Gasteiger partial charge in [0.05, 0.1) is 0 Å². The van der Waals surface area contributed by atoms with Gasteiger partial charge in [0.25, 0.3) is 0 Å². The first-order valence-electron chi connectivity index (χ1n) is 4.82. The lowest BCUT2D eigenvalue weighted by molar-refractivity contribution is -0.123. The first kappa shape index (κ1) is 11.5. The van der Waals surface area contributed by atoms with Gasteiger partial charge in [-0.2, -0.15) is 0 Å². The molecule has 0 aliphatic heterocycles. The third kappa shape index (κ3) is 2.92. The van der Waals surface area contributed by atoms with Crippen molar-refractivity contribution in [3.63, 3.8) is 0 Å². The minimum absolute atomic E-state index is 0.386. The second-order valence-electron chi connectivity index (χ2n) is 3.68. The molecule has 1 aromatic carbocycles. The van der Waals surface area contributed by atoms with Gasteiger partial charge in [0.15, 0.2) is 0 Å². The number of amides is 1. The van der Waals surface area contributed by atoms with Crippen LogP contribution in [-0.4, -0.2) is 11.4 Å². The van der Waals surface area contributed by atoms with Crippen LogP contribution >= 0.6 is 0 Å². The van der Waals surface area contributed by atoms with Crippen molar-refractivity contribution in [1.82, 2.24) is 0 Å². The molecule has 0 saturated carbocycles. The lowest BCUT2D eigenvalue weighted by Crippen LogP contribution is -2.53. The van der Waals surface area contributed by atoms with Crippen LogP contribution in [0.4, 0.5) is 0 Å². The standard InChI is InChI=1S/C12H16N2O/c1-2-8-12(14,11(13)15)9-10-6-4-3-5-7-10/h2-7H,1,8-9,14H2,(H2,13,15). The average Bonchev–Trinajstić information content (AvgIpc) is 2.19. The van der Waals surface area contributed by atoms with Crippen molar-refractivity contribution in [2.24, 2.45) is 11.5 Å². The molecule has 1 atom stereocenters. The topological polar surface area (TPSA) is 69.1 Å². The number of primary amides is 1. The van der Waals surface area contributed by atoms with E-state index in [1.54, 1.807) is 6.08 Å². The predicted molar refractivity (Wildman–Crippen MR) is 61.1 cm³/mol. The van der Waals surface area contributed by atoms with Crippen molar-refractivity contribution in [3.05, 3.63) is 48.6 Å². The van der Waals surface area contributed by atoms with E-state index in [1.165, 1.54) is 0 Å². The Labute approximate surface area is 89.8 Å². The first-order chi connectivity index (χ1) is 7.08. The van der Waals surface area contributed by atoms with Gasteiger partial charge in [-0.25, -0.2) is 0 Å². The Morgan fingerprint density at radius 2 is 2.00 bits per heavy atom. The highest BCUT2D eigenvalue weighted by Gasteiger charge is 2.30. The van der Waals surface area contributed by atoms with Crippen molar-refractivity contribution in [2.75, 3.05) is 0 Å². The smallest absolute Gasteiger partial charge is 0.238 e. The highest BCUT2D eigenvalue weighted by molar-refractivity contribution is 5.85. The summed E-state index contributed by atoms with van der Waals surface area (Å²) in [5.41, 5.74) is 11.2. The molecule has 0 bridgehead atoms. The quantitative estimate of drug-likeness (QED) is 0.702. The minimum atomic E-state index is -1.02. The molecule has 4 N–H and O–H groups in total. The molecule has 0 radical (unpaired) electrons. The van der Waals surface area contributed by atoms with E-state index in [4.69, 9.17) is 11.5 Å². The number of hydrogen-bond donors (Lipinski definition) is 2. The van der Waals surface area contributed by atoms with Gasteiger partial charge in [-0.15, -0.1) is 6.58 Å². The van der Waals surface area contributed by atoms with Crippen molar-refractivity contribution in [3.8, 4) is 0 Å². The molecule has 0 saturated heterocycles. The van der Waals surface area contributed by atoms with Crippen LogP contribution in [0.1, 0.15) is 12.0 Å². The monoisotopic (exact) mass is 204 g/mol. The summed E-state index contributed by atoms with van der Waals surface area (Å²) in [6.07, 6.45) is 2.44. The van der Waals surface area contributed by atoms with Crippen LogP contribution < -0.4 is 11.5 Å². The van der Waals surface area contributed by atoms with E-state index in [9.17, 15) is 4.79 Å². The maximum Gasteiger partial charge on any atom is 0.238 e. The molecule has 1 unspecified atom stereocenters. The van der Waals surface area contributed by atoms with Crippen LogP contribution in [-0.2, 0) is 11.2 Å². The van der Waals surface area contributed by atoms with Gasteiger partial charge in [0, 0.05) is 0 Å². The predicted octanol–water partition coefficient (Wildman–Crippen LogP) is 0.988. The zero-order valence-electron chi connectivity index (χ0n) is 8.65. The molecule has 3 nitrogen and oxygen atoms in total. The molecule has 0 heterocycles. The maximum atomic E-state index is 11.3. The number of nitrogens with two attached hydrogens (primary N) is 2. The van der Waals surface area contributed by atoms with Gasteiger partial charge in [0.1, 0.15) is 5.54 Å². The number of carbonyl (C=O) groups excluding carboxylic acids is 1. The summed E-state index contributed by atoms with van der Waals surface area (Å²) in [6, 6.07) is 9.58. The Morgan fingerprint density at radius 1 is 1.40 bits per heavy atom. The third-order valence-electron chi connectivity index (χ3n) is 2.36. The van der Waals surface area contributed by atoms with Gasteiger partial charge in [-0.3, -0.25) is 4.79 Å². The van der Waals surface area contributed by atoms with Crippen LogP contribution in [0.5, 0.6) is 0 Å². The van der Waals surface area contributed by atoms with Crippen LogP contribution in [0, 0.1) is 0 Å². The summed E-state index contributed by atoms with van der Waals surface area (Å²) in [5, 5.41) is 0. The number of benzene rings is 1. The number of carbonyl (C=O) groups is 1. The molecule has 80 valence electrons. The Morgan fingerprint density at radius 3 is 2.47 bits per heavy atom. The van der Waals surface area contributed by atoms with Gasteiger partial charge < -0.3 is 11.5 Å². The van der Waals surface area contributed by atoms with Gasteiger partial charge in [-0.1, -0.05) is 36.4 Å². The zero-order chi connectivity index (χ0) is 11.3. The molecule has 0 aliphatic carbocycles. The van der Waals surface area contributed by atoms with Gasteiger partial charge in [0.2, 0.25) is 5.91 Å². The van der Waals surface area contributed by atoms with Crippen LogP contribution in [0.15, 0.2) is 43.0 Å². The summed E-state index contributed by atoms with van der Waals surface area (Å²) in [6.45, 7) is 3.58. The fraction of sp³-hybridized carbons (Fsp3) is 0.250. The molecule has 0 aromatic heterocycles. The second kappa shape index (κ2) is 4.75. The Kier molecular flexibility index (Phi) is 3.63. The van der Waals surface area contributed by atoms with E-state index in [1.807, 2.05) is 30.3 Å². The molecular weight excluding hydrogens is 188 g/mol. The van der Waals surface area contributed by atoms with Crippen LogP contribution in [0.3, 0.4) is 0 Å². The fourth-order valence-corrected chi connectivity index (χ4v) is 1.48. The van der Waals surface area contributed by atoms with Crippen molar-refractivity contribution in [2.45, 2.75) is 18.4 Å². The molecule has 1 rings (SSSR count). The molecule has 0 spiro atoms. The summed E-state index contributed by atoms with van der Waals surface area (Å²) in [5.74, 6) is -0.494. The van der Waals surface area contributed by atoms with Crippen molar-refractivity contribution in [1.29, 1.82) is 0 Å². The normalized spacial score (nSPS) is 14.2. The highest BCUT2D eigenvalue weighted by Crippen LogP contribution is 2.14. The lowest BCUT2D eigenvalue weighted by Gasteiger charge is -2.24. The van der Waals surface area contributed by atoms with E-state index in [-0.39, 0.29) is 0 Å². The van der Waals surface area contributed by atoms with Gasteiger partial charge >= 0.3 is 0 Å². The maximum absolute atomic E-state index is 11.3. The van der Waals surface area contributed by atoms with E-state index >= 15 is 0 Å². The molecule has 1 aromatic rings. The minimum Gasteiger partial charge on any atom is -0.368 e. The van der Waals surface area contributed by atoms with E-state index in [2.05, 4.69) is 6.58 Å². The molecular formula is C12H16N2O. The SMILES string of the molecule is C=CCC(N)(Cc1ccccc1)C(N)=O. The Bertz CT molecular complexity index is 348. The first-order valence-corrected chi connectivity index (χ1v) is 4.82. The molecule has 1 amide bonds. The number of rotatable bonds is 5. The highest BCUT2D eigenvalue weighted by atomic mass is 16.1. The van der Waals surface area contributed by atoms with E-state index in [0.717, 1.165) is 5.56 Å². The Hall–Kier alpha value is -1.61. The largest absolute Gasteiger partial charge is 0.368 e. The molecule has 0 fully saturated rings. The van der Waals surface area contributed by atoms with E-state index in [0.29, 0.717) is 12.8 Å². The number of hydrogen-bond acceptors (Lipinski definition) is 2. The lowest BCUT2D eigenvalue weighted by atomic mass is 9.88. The fourth-order valence-electron chi connectivity index (χ4n) is 1.48. The second-order valence-corrected chi connectivity index (χ2v) is 3.68. The van der Waals surface area contributed by atoms with Crippen LogP contribution in [0.25, 0.3) is 0 Å². The van der Waals surface area contributed by atoms with Crippen LogP contribution in [0.2, 0.25) is 0 Å². The van der Waals surface area contributed by atoms with Crippen molar-refractivity contribution >= 4 is 5.91 Å². The zero-order valence-corrected chi connectivity index (χ0v) is 8.65. The molecule has 0 aliphatic rings. The summed E-state index contributed by atoms with van der Waals surface area (Å²) < 4.78 is 0. The summed E-state index contributed by atoms with van der Waals surface area (Å²) in [4.78, 5) is 11.3. The van der Waals surface area contributed by atoms with Gasteiger partial charge in [-0.05, 0) is 18.4 Å².